The van der Waals surface area contributed by atoms with Crippen molar-refractivity contribution in [1.82, 2.24) is 14.8 Å². The largest absolute Gasteiger partial charge is 0.486 e. The van der Waals surface area contributed by atoms with E-state index in [0.717, 1.165) is 30.1 Å². The molecular formula is C14H20N4O. The Morgan fingerprint density at radius 2 is 2.05 bits per heavy atom. The molecule has 2 N–H and O–H groups in total. The summed E-state index contributed by atoms with van der Waals surface area (Å²) in [6.07, 6.45) is 2.59. The Morgan fingerprint density at radius 3 is 2.68 bits per heavy atom. The second-order valence-corrected chi connectivity index (χ2v) is 4.55. The van der Waals surface area contributed by atoms with Gasteiger partial charge in [0.25, 0.3) is 0 Å². The van der Waals surface area contributed by atoms with Crippen molar-refractivity contribution in [2.75, 3.05) is 0 Å². The Labute approximate surface area is 113 Å². The van der Waals surface area contributed by atoms with Gasteiger partial charge in [0.2, 0.25) is 0 Å². The van der Waals surface area contributed by atoms with E-state index in [0.29, 0.717) is 6.61 Å². The SMILES string of the molecule is CCCn1ncnc1COc1ccc([C@H](C)N)cc1. The number of rotatable bonds is 6. The first-order chi connectivity index (χ1) is 9.20. The van der Waals surface area contributed by atoms with Gasteiger partial charge in [0, 0.05) is 12.6 Å². The van der Waals surface area contributed by atoms with E-state index in [4.69, 9.17) is 10.5 Å². The lowest BCUT2D eigenvalue weighted by Crippen LogP contribution is -2.08. The van der Waals surface area contributed by atoms with E-state index in [1.807, 2.05) is 35.9 Å². The molecule has 0 saturated carbocycles. The molecule has 19 heavy (non-hydrogen) atoms. The summed E-state index contributed by atoms with van der Waals surface area (Å²) in [5.41, 5.74) is 6.90. The van der Waals surface area contributed by atoms with Crippen LogP contribution in [0.5, 0.6) is 5.75 Å². The normalized spacial score (nSPS) is 12.4. The van der Waals surface area contributed by atoms with Gasteiger partial charge in [-0.3, -0.25) is 0 Å². The van der Waals surface area contributed by atoms with Gasteiger partial charge in [0.15, 0.2) is 5.82 Å². The lowest BCUT2D eigenvalue weighted by molar-refractivity contribution is 0.286. The maximum Gasteiger partial charge on any atom is 0.164 e. The molecular weight excluding hydrogens is 240 g/mol. The first-order valence-corrected chi connectivity index (χ1v) is 6.55. The third-order valence-corrected chi connectivity index (χ3v) is 2.90. The molecule has 0 amide bonds. The third-order valence-electron chi connectivity index (χ3n) is 2.90. The molecule has 2 aromatic rings. The van der Waals surface area contributed by atoms with Crippen molar-refractivity contribution in [3.63, 3.8) is 0 Å². The number of ether oxygens (including phenoxy) is 1. The highest BCUT2D eigenvalue weighted by atomic mass is 16.5. The average Bonchev–Trinajstić information content (AvgIpc) is 2.85. The number of benzene rings is 1. The summed E-state index contributed by atoms with van der Waals surface area (Å²) in [6, 6.07) is 7.87. The summed E-state index contributed by atoms with van der Waals surface area (Å²) in [4.78, 5) is 4.20. The monoisotopic (exact) mass is 260 g/mol. The predicted octanol–water partition coefficient (Wildman–Crippen LogP) is 2.29. The highest BCUT2D eigenvalue weighted by Gasteiger charge is 2.05. The van der Waals surface area contributed by atoms with Crippen molar-refractivity contribution in [3.05, 3.63) is 42.0 Å². The zero-order valence-electron chi connectivity index (χ0n) is 11.4. The fourth-order valence-corrected chi connectivity index (χ4v) is 1.81. The summed E-state index contributed by atoms with van der Waals surface area (Å²) in [6.45, 7) is 5.36. The Kier molecular flexibility index (Phi) is 4.52. The van der Waals surface area contributed by atoms with E-state index in [1.165, 1.54) is 0 Å². The Hall–Kier alpha value is -1.88. The van der Waals surface area contributed by atoms with Crippen LogP contribution in [0, 0.1) is 0 Å². The van der Waals surface area contributed by atoms with Gasteiger partial charge in [-0.25, -0.2) is 9.67 Å². The summed E-state index contributed by atoms with van der Waals surface area (Å²) < 4.78 is 7.58. The fourth-order valence-electron chi connectivity index (χ4n) is 1.81. The van der Waals surface area contributed by atoms with Crippen LogP contribution >= 0.6 is 0 Å². The van der Waals surface area contributed by atoms with Crippen molar-refractivity contribution in [3.8, 4) is 5.75 Å². The Morgan fingerprint density at radius 1 is 1.32 bits per heavy atom. The molecule has 0 radical (unpaired) electrons. The minimum Gasteiger partial charge on any atom is -0.486 e. The molecule has 1 aromatic carbocycles. The van der Waals surface area contributed by atoms with E-state index < -0.39 is 0 Å². The topological polar surface area (TPSA) is 66.0 Å². The van der Waals surface area contributed by atoms with Crippen LogP contribution in [0.15, 0.2) is 30.6 Å². The first-order valence-electron chi connectivity index (χ1n) is 6.55. The number of nitrogens with zero attached hydrogens (tertiary/aromatic N) is 3. The van der Waals surface area contributed by atoms with E-state index in [1.54, 1.807) is 6.33 Å². The van der Waals surface area contributed by atoms with Crippen LogP contribution in [-0.2, 0) is 13.2 Å². The molecule has 1 aromatic heterocycles. The smallest absolute Gasteiger partial charge is 0.164 e. The van der Waals surface area contributed by atoms with Gasteiger partial charge in [-0.1, -0.05) is 19.1 Å². The van der Waals surface area contributed by atoms with E-state index in [-0.39, 0.29) is 6.04 Å². The highest BCUT2D eigenvalue weighted by molar-refractivity contribution is 5.28. The highest BCUT2D eigenvalue weighted by Crippen LogP contribution is 2.16. The molecule has 5 nitrogen and oxygen atoms in total. The zero-order chi connectivity index (χ0) is 13.7. The van der Waals surface area contributed by atoms with Gasteiger partial charge in [-0.05, 0) is 31.0 Å². The lowest BCUT2D eigenvalue weighted by atomic mass is 10.1. The van der Waals surface area contributed by atoms with Gasteiger partial charge < -0.3 is 10.5 Å². The van der Waals surface area contributed by atoms with Crippen LogP contribution in [0.2, 0.25) is 0 Å². The fraction of sp³-hybridized carbons (Fsp3) is 0.429. The minimum absolute atomic E-state index is 0.0432. The standard InChI is InChI=1S/C14H20N4O/c1-3-8-18-14(16-10-17-18)9-19-13-6-4-12(5-7-13)11(2)15/h4-7,10-11H,3,8-9,15H2,1-2H3/t11-/m0/s1. The molecule has 1 heterocycles. The molecule has 0 spiro atoms. The number of hydrogen-bond donors (Lipinski definition) is 1. The molecule has 0 aliphatic heterocycles. The number of aryl methyl sites for hydroxylation is 1. The van der Waals surface area contributed by atoms with Gasteiger partial charge in [-0.15, -0.1) is 0 Å². The van der Waals surface area contributed by atoms with Crippen molar-refractivity contribution in [2.24, 2.45) is 5.73 Å². The number of hydrogen-bond acceptors (Lipinski definition) is 4. The van der Waals surface area contributed by atoms with Crippen LogP contribution in [0.4, 0.5) is 0 Å². The molecule has 1 atom stereocenters. The van der Waals surface area contributed by atoms with Gasteiger partial charge in [0.1, 0.15) is 18.7 Å². The quantitative estimate of drug-likeness (QED) is 0.865. The summed E-state index contributed by atoms with van der Waals surface area (Å²) in [5, 5.41) is 4.16. The molecule has 0 aliphatic rings. The van der Waals surface area contributed by atoms with Crippen LogP contribution < -0.4 is 10.5 Å². The second kappa shape index (κ2) is 6.33. The van der Waals surface area contributed by atoms with E-state index >= 15 is 0 Å². The molecule has 0 fully saturated rings. The molecule has 0 saturated heterocycles. The van der Waals surface area contributed by atoms with Gasteiger partial charge in [0.05, 0.1) is 0 Å². The molecule has 0 unspecified atom stereocenters. The van der Waals surface area contributed by atoms with Crippen LogP contribution in [-0.4, -0.2) is 14.8 Å². The Bertz CT molecular complexity index is 504. The molecule has 0 aliphatic carbocycles. The Balaban J connectivity index is 1.96. The van der Waals surface area contributed by atoms with Crippen molar-refractivity contribution < 1.29 is 4.74 Å². The molecule has 5 heteroatoms. The van der Waals surface area contributed by atoms with Crippen molar-refractivity contribution in [2.45, 2.75) is 39.5 Å². The van der Waals surface area contributed by atoms with Crippen LogP contribution in [0.1, 0.15) is 37.7 Å². The third kappa shape index (κ3) is 3.54. The molecule has 102 valence electrons. The average molecular weight is 260 g/mol. The summed E-state index contributed by atoms with van der Waals surface area (Å²) in [5.74, 6) is 1.66. The maximum atomic E-state index is 5.81. The van der Waals surface area contributed by atoms with E-state index in [9.17, 15) is 0 Å². The van der Waals surface area contributed by atoms with Crippen LogP contribution in [0.25, 0.3) is 0 Å². The van der Waals surface area contributed by atoms with Crippen LogP contribution in [0.3, 0.4) is 0 Å². The zero-order valence-corrected chi connectivity index (χ0v) is 11.4. The number of nitrogens with two attached hydrogens (primary N) is 1. The minimum atomic E-state index is 0.0432. The first kappa shape index (κ1) is 13.5. The summed E-state index contributed by atoms with van der Waals surface area (Å²) >= 11 is 0. The maximum absolute atomic E-state index is 5.81. The van der Waals surface area contributed by atoms with Crippen molar-refractivity contribution in [1.29, 1.82) is 0 Å². The van der Waals surface area contributed by atoms with E-state index in [2.05, 4.69) is 17.0 Å². The predicted molar refractivity (Wildman–Crippen MR) is 73.7 cm³/mol. The van der Waals surface area contributed by atoms with Gasteiger partial charge in [-0.2, -0.15) is 5.10 Å². The second-order valence-electron chi connectivity index (χ2n) is 4.55. The van der Waals surface area contributed by atoms with Gasteiger partial charge >= 0.3 is 0 Å². The molecule has 0 bridgehead atoms. The molecule has 2 rings (SSSR count). The summed E-state index contributed by atoms with van der Waals surface area (Å²) in [7, 11) is 0. The lowest BCUT2D eigenvalue weighted by Gasteiger charge is -2.09. The van der Waals surface area contributed by atoms with Crippen molar-refractivity contribution >= 4 is 0 Å². The number of aromatic nitrogens is 3.